The summed E-state index contributed by atoms with van der Waals surface area (Å²) in [5.41, 5.74) is 10.8. The highest BCUT2D eigenvalue weighted by Crippen LogP contribution is 2.28. The van der Waals surface area contributed by atoms with Crippen LogP contribution in [0.25, 0.3) is 22.2 Å². The van der Waals surface area contributed by atoms with Gasteiger partial charge >= 0.3 is 0 Å². The molecular formula is C22H23N5O. The number of nitrogen functional groups attached to an aromatic ring is 1. The average Bonchev–Trinajstić information content (AvgIpc) is 3.00. The molecule has 0 aliphatic rings. The zero-order valence-electron chi connectivity index (χ0n) is 15.9. The Balaban J connectivity index is 1.83. The summed E-state index contributed by atoms with van der Waals surface area (Å²) in [4.78, 5) is 22.3. The molecule has 4 rings (SSSR count). The lowest BCUT2D eigenvalue weighted by Gasteiger charge is -2.08. The second-order valence-corrected chi connectivity index (χ2v) is 6.79. The number of nitrogens with two attached hydrogens (primary N) is 1. The third-order valence-electron chi connectivity index (χ3n) is 4.82. The van der Waals surface area contributed by atoms with E-state index in [1.54, 1.807) is 0 Å². The number of amides is 1. The van der Waals surface area contributed by atoms with E-state index in [9.17, 15) is 4.79 Å². The second kappa shape index (κ2) is 7.68. The van der Waals surface area contributed by atoms with Gasteiger partial charge in [-0.05, 0) is 30.5 Å². The van der Waals surface area contributed by atoms with E-state index in [-0.39, 0.29) is 5.91 Å². The normalized spacial score (nSPS) is 11.2. The number of aryl methyl sites for hydroxylation is 2. The number of benzene rings is 2. The summed E-state index contributed by atoms with van der Waals surface area (Å²) in [6.07, 6.45) is 1.65. The molecule has 2 heterocycles. The molecule has 0 bridgehead atoms. The van der Waals surface area contributed by atoms with Gasteiger partial charge < -0.3 is 15.6 Å². The molecule has 1 amide bonds. The summed E-state index contributed by atoms with van der Waals surface area (Å²) in [6.45, 7) is 3.23. The Labute approximate surface area is 163 Å². The molecule has 6 nitrogen and oxygen atoms in total. The number of hydrogen-bond donors (Lipinski definition) is 2. The van der Waals surface area contributed by atoms with Gasteiger partial charge in [-0.2, -0.15) is 0 Å². The first-order valence-electron chi connectivity index (χ1n) is 9.55. The van der Waals surface area contributed by atoms with Gasteiger partial charge in [-0.3, -0.25) is 4.79 Å². The number of rotatable bonds is 6. The van der Waals surface area contributed by atoms with Gasteiger partial charge in [0.15, 0.2) is 5.65 Å². The topological polar surface area (TPSA) is 85.8 Å². The summed E-state index contributed by atoms with van der Waals surface area (Å²) in [6, 6.07) is 17.9. The molecule has 0 aliphatic carbocycles. The van der Waals surface area contributed by atoms with E-state index in [4.69, 9.17) is 15.7 Å². The van der Waals surface area contributed by atoms with Gasteiger partial charge in [0.1, 0.15) is 16.9 Å². The van der Waals surface area contributed by atoms with E-state index in [1.807, 2.05) is 54.0 Å². The van der Waals surface area contributed by atoms with Gasteiger partial charge in [0.25, 0.3) is 5.91 Å². The quantitative estimate of drug-likeness (QED) is 0.541. The van der Waals surface area contributed by atoms with Crippen LogP contribution in [-0.2, 0) is 13.0 Å². The maximum absolute atomic E-state index is 12.8. The van der Waals surface area contributed by atoms with Gasteiger partial charge in [-0.15, -0.1) is 0 Å². The van der Waals surface area contributed by atoms with Crippen molar-refractivity contribution in [1.29, 1.82) is 0 Å². The highest BCUT2D eigenvalue weighted by atomic mass is 16.1. The molecule has 0 saturated heterocycles. The minimum absolute atomic E-state index is 0.201. The number of nitrogens with one attached hydrogen (secondary N) is 1. The van der Waals surface area contributed by atoms with Gasteiger partial charge in [-0.25, -0.2) is 9.97 Å². The molecule has 2 aromatic heterocycles. The minimum Gasteiger partial charge on any atom is -0.384 e. The highest BCUT2D eigenvalue weighted by Gasteiger charge is 2.23. The van der Waals surface area contributed by atoms with Crippen molar-refractivity contribution in [3.05, 3.63) is 65.7 Å². The fourth-order valence-electron chi connectivity index (χ4n) is 3.38. The zero-order valence-corrected chi connectivity index (χ0v) is 15.9. The number of anilines is 1. The van der Waals surface area contributed by atoms with Crippen LogP contribution < -0.4 is 11.1 Å². The maximum Gasteiger partial charge on any atom is 0.257 e. The molecule has 6 heteroatoms. The van der Waals surface area contributed by atoms with Crippen LogP contribution in [0.5, 0.6) is 0 Å². The van der Waals surface area contributed by atoms with E-state index in [2.05, 4.69) is 17.4 Å². The van der Waals surface area contributed by atoms with Crippen molar-refractivity contribution in [1.82, 2.24) is 19.9 Å². The zero-order chi connectivity index (χ0) is 19.5. The second-order valence-electron chi connectivity index (χ2n) is 6.79. The Hall–Kier alpha value is -3.41. The predicted molar refractivity (Wildman–Crippen MR) is 112 cm³/mol. The van der Waals surface area contributed by atoms with E-state index in [0.717, 1.165) is 23.9 Å². The number of aromatic nitrogens is 3. The summed E-state index contributed by atoms with van der Waals surface area (Å²) in [5, 5.41) is 2.92. The van der Waals surface area contributed by atoms with Crippen molar-refractivity contribution in [3.63, 3.8) is 0 Å². The summed E-state index contributed by atoms with van der Waals surface area (Å²) < 4.78 is 1.91. The third-order valence-corrected chi connectivity index (χ3v) is 4.82. The average molecular weight is 373 g/mol. The first-order valence-corrected chi connectivity index (χ1v) is 9.55. The summed E-state index contributed by atoms with van der Waals surface area (Å²) >= 11 is 0. The van der Waals surface area contributed by atoms with Gasteiger partial charge in [0, 0.05) is 13.1 Å². The number of carbonyl (C=O) groups is 1. The van der Waals surface area contributed by atoms with Crippen LogP contribution in [0.3, 0.4) is 0 Å². The standard InChI is InChI=1S/C22H23N5O/c1-2-13-24-22(28)18-19-21(26-17-11-7-6-10-16(17)25-19)27(20(18)23)14-12-15-8-4-3-5-9-15/h3-11H,2,12-14,23H2,1H3,(H,24,28). The molecule has 3 N–H and O–H groups in total. The Morgan fingerprint density at radius 3 is 2.43 bits per heavy atom. The van der Waals surface area contributed by atoms with E-state index in [0.29, 0.717) is 35.6 Å². The molecule has 0 unspecified atom stereocenters. The smallest absolute Gasteiger partial charge is 0.257 e. The number of fused-ring (bicyclic) bond motifs is 2. The van der Waals surface area contributed by atoms with Crippen molar-refractivity contribution >= 4 is 33.9 Å². The molecule has 4 aromatic rings. The molecule has 0 radical (unpaired) electrons. The number of para-hydroxylation sites is 2. The van der Waals surface area contributed by atoms with E-state index in [1.165, 1.54) is 5.56 Å². The van der Waals surface area contributed by atoms with Gasteiger partial charge in [0.2, 0.25) is 0 Å². The first kappa shape index (κ1) is 18.0. The van der Waals surface area contributed by atoms with Crippen molar-refractivity contribution in [2.45, 2.75) is 26.3 Å². The van der Waals surface area contributed by atoms with Crippen LogP contribution in [0.4, 0.5) is 5.82 Å². The van der Waals surface area contributed by atoms with Crippen LogP contribution in [-0.4, -0.2) is 27.0 Å². The van der Waals surface area contributed by atoms with Crippen LogP contribution in [0, 0.1) is 0 Å². The van der Waals surface area contributed by atoms with Crippen molar-refractivity contribution in [2.24, 2.45) is 0 Å². The van der Waals surface area contributed by atoms with E-state index >= 15 is 0 Å². The predicted octanol–water partition coefficient (Wildman–Crippen LogP) is 3.55. The molecule has 2 aromatic carbocycles. The lowest BCUT2D eigenvalue weighted by molar-refractivity contribution is 0.0956. The Bertz CT molecular complexity index is 1130. The molecule has 28 heavy (non-hydrogen) atoms. The first-order chi connectivity index (χ1) is 13.7. The molecule has 0 aliphatic heterocycles. The minimum atomic E-state index is -0.201. The highest BCUT2D eigenvalue weighted by molar-refractivity contribution is 6.10. The number of carbonyl (C=O) groups excluding carboxylic acids is 1. The molecule has 0 atom stereocenters. The molecule has 0 fully saturated rings. The summed E-state index contributed by atoms with van der Waals surface area (Å²) in [5.74, 6) is 0.210. The Morgan fingerprint density at radius 2 is 1.71 bits per heavy atom. The number of nitrogens with zero attached hydrogens (tertiary/aromatic N) is 3. The van der Waals surface area contributed by atoms with Crippen molar-refractivity contribution < 1.29 is 4.79 Å². The Kier molecular flexibility index (Phi) is 4.93. The molecule has 0 saturated carbocycles. The largest absolute Gasteiger partial charge is 0.384 e. The van der Waals surface area contributed by atoms with E-state index < -0.39 is 0 Å². The van der Waals surface area contributed by atoms with Crippen LogP contribution >= 0.6 is 0 Å². The molecule has 142 valence electrons. The van der Waals surface area contributed by atoms with Crippen LogP contribution in [0.15, 0.2) is 54.6 Å². The lowest BCUT2D eigenvalue weighted by atomic mass is 10.1. The fourth-order valence-corrected chi connectivity index (χ4v) is 3.38. The lowest BCUT2D eigenvalue weighted by Crippen LogP contribution is -2.25. The Morgan fingerprint density at radius 1 is 1.04 bits per heavy atom. The fraction of sp³-hybridized carbons (Fsp3) is 0.227. The SMILES string of the molecule is CCCNC(=O)c1c(N)n(CCc2ccccc2)c2nc3ccccc3nc12. The third kappa shape index (κ3) is 3.29. The monoisotopic (exact) mass is 373 g/mol. The van der Waals surface area contributed by atoms with Crippen molar-refractivity contribution in [3.8, 4) is 0 Å². The molecule has 0 spiro atoms. The maximum atomic E-state index is 12.8. The van der Waals surface area contributed by atoms with Gasteiger partial charge in [-0.1, -0.05) is 49.4 Å². The van der Waals surface area contributed by atoms with Gasteiger partial charge in [0.05, 0.1) is 11.0 Å². The van der Waals surface area contributed by atoms with Crippen LogP contribution in [0.1, 0.15) is 29.3 Å². The van der Waals surface area contributed by atoms with Crippen LogP contribution in [0.2, 0.25) is 0 Å². The molecular weight excluding hydrogens is 350 g/mol. The summed E-state index contributed by atoms with van der Waals surface area (Å²) in [7, 11) is 0. The number of hydrogen-bond acceptors (Lipinski definition) is 4. The van der Waals surface area contributed by atoms with Crippen molar-refractivity contribution in [2.75, 3.05) is 12.3 Å².